The van der Waals surface area contributed by atoms with E-state index in [4.69, 9.17) is 4.43 Å². The lowest BCUT2D eigenvalue weighted by atomic mass is 11.3. The summed E-state index contributed by atoms with van der Waals surface area (Å²) in [4.78, 5) is 20.0. The van der Waals surface area contributed by atoms with Gasteiger partial charge in [0.15, 0.2) is 0 Å². The van der Waals surface area contributed by atoms with Crippen molar-refractivity contribution in [3.8, 4) is 0 Å². The molecule has 10 heavy (non-hydrogen) atoms. The highest BCUT2D eigenvalue weighted by atomic mass is 28.4. The van der Waals surface area contributed by atoms with Crippen molar-refractivity contribution in [3.05, 3.63) is 0 Å². The summed E-state index contributed by atoms with van der Waals surface area (Å²) in [6.45, 7) is 5.51. The van der Waals surface area contributed by atoms with Crippen LogP contribution in [0.5, 0.6) is 0 Å². The van der Waals surface area contributed by atoms with E-state index in [1.165, 1.54) is 0 Å². The first-order valence-electron chi connectivity index (χ1n) is 2.79. The van der Waals surface area contributed by atoms with Crippen molar-refractivity contribution in [2.24, 2.45) is 0 Å². The smallest absolute Gasteiger partial charge is 0.489 e. The Morgan fingerprint density at radius 2 is 1.90 bits per heavy atom. The van der Waals surface area contributed by atoms with Crippen molar-refractivity contribution in [1.82, 2.24) is 0 Å². The van der Waals surface area contributed by atoms with Crippen LogP contribution >= 0.6 is 0 Å². The van der Waals surface area contributed by atoms with Gasteiger partial charge >= 0.3 is 12.6 Å². The zero-order chi connectivity index (χ0) is 8.20. The molecule has 0 N–H and O–H groups in total. The number of rotatable bonds is 2. The van der Waals surface area contributed by atoms with E-state index in [0.717, 1.165) is 0 Å². The first-order chi connectivity index (χ1) is 4.45. The van der Waals surface area contributed by atoms with Gasteiger partial charge in [-0.2, -0.15) is 0 Å². The minimum absolute atomic E-state index is 0.0580. The van der Waals surface area contributed by atoms with Gasteiger partial charge < -0.3 is 9.16 Å². The number of carbonyl (C=O) groups is 2. The van der Waals surface area contributed by atoms with Crippen LogP contribution in [0, 0.1) is 0 Å². The Morgan fingerprint density at radius 1 is 1.40 bits per heavy atom. The van der Waals surface area contributed by atoms with E-state index in [0.29, 0.717) is 0 Å². The standard InChI is InChI=1S/C5H10O4Si/c1-10(2,3)9-5(7)8-4-6/h4H,1-3H3. The molecule has 0 bridgehead atoms. The van der Waals surface area contributed by atoms with Crippen molar-refractivity contribution in [3.63, 3.8) is 0 Å². The van der Waals surface area contributed by atoms with E-state index in [-0.39, 0.29) is 6.47 Å². The van der Waals surface area contributed by atoms with E-state index >= 15 is 0 Å². The zero-order valence-corrected chi connectivity index (χ0v) is 7.21. The van der Waals surface area contributed by atoms with Gasteiger partial charge in [-0.1, -0.05) is 0 Å². The average molecular weight is 162 g/mol. The van der Waals surface area contributed by atoms with Crippen molar-refractivity contribution in [2.75, 3.05) is 0 Å². The van der Waals surface area contributed by atoms with Gasteiger partial charge in [-0.15, -0.1) is 0 Å². The number of hydrogen-bond donors (Lipinski definition) is 0. The summed E-state index contributed by atoms with van der Waals surface area (Å²) in [7, 11) is -1.89. The summed E-state index contributed by atoms with van der Waals surface area (Å²) in [6.07, 6.45) is -0.908. The maximum absolute atomic E-state index is 10.4. The van der Waals surface area contributed by atoms with Crippen LogP contribution in [-0.4, -0.2) is 20.9 Å². The van der Waals surface area contributed by atoms with E-state index in [1.807, 2.05) is 19.6 Å². The van der Waals surface area contributed by atoms with Crippen molar-refractivity contribution >= 4 is 20.9 Å². The largest absolute Gasteiger partial charge is 0.502 e. The summed E-state index contributed by atoms with van der Waals surface area (Å²) in [5, 5.41) is 0. The summed E-state index contributed by atoms with van der Waals surface area (Å²) in [5.41, 5.74) is 0. The maximum atomic E-state index is 10.4. The number of hydrogen-bond acceptors (Lipinski definition) is 4. The molecule has 0 fully saturated rings. The molecule has 58 valence electrons. The summed E-state index contributed by atoms with van der Waals surface area (Å²) < 4.78 is 8.64. The summed E-state index contributed by atoms with van der Waals surface area (Å²) >= 11 is 0. The molecule has 0 unspecified atom stereocenters. The third kappa shape index (κ3) is 5.30. The second kappa shape index (κ2) is 3.36. The monoisotopic (exact) mass is 162 g/mol. The molecular formula is C5H10O4Si. The first kappa shape index (κ1) is 9.16. The van der Waals surface area contributed by atoms with E-state index in [2.05, 4.69) is 4.74 Å². The van der Waals surface area contributed by atoms with Crippen LogP contribution in [0.15, 0.2) is 0 Å². The van der Waals surface area contributed by atoms with Gasteiger partial charge in [0, 0.05) is 0 Å². The fourth-order valence-electron chi connectivity index (χ4n) is 0.313. The molecular weight excluding hydrogens is 152 g/mol. The van der Waals surface area contributed by atoms with Gasteiger partial charge in [0.1, 0.15) is 0 Å². The summed E-state index contributed by atoms with van der Waals surface area (Å²) in [5.74, 6) is 0. The molecule has 0 rings (SSSR count). The molecule has 0 saturated carbocycles. The van der Waals surface area contributed by atoms with Gasteiger partial charge in [-0.25, -0.2) is 4.79 Å². The Balaban J connectivity index is 3.68. The number of carbonyl (C=O) groups excluding carboxylic acids is 2. The highest BCUT2D eigenvalue weighted by Crippen LogP contribution is 2.03. The molecule has 0 aliphatic rings. The molecule has 0 radical (unpaired) electrons. The van der Waals surface area contributed by atoms with E-state index in [9.17, 15) is 9.59 Å². The van der Waals surface area contributed by atoms with Crippen LogP contribution in [0.1, 0.15) is 0 Å². The molecule has 0 aromatic heterocycles. The Labute approximate surface area is 60.3 Å². The molecule has 5 heteroatoms. The molecule has 4 nitrogen and oxygen atoms in total. The molecule has 0 aliphatic heterocycles. The topological polar surface area (TPSA) is 52.6 Å². The van der Waals surface area contributed by atoms with E-state index in [1.54, 1.807) is 0 Å². The van der Waals surface area contributed by atoms with Crippen molar-refractivity contribution in [2.45, 2.75) is 19.6 Å². The normalized spacial score (nSPS) is 10.3. The lowest BCUT2D eigenvalue weighted by molar-refractivity contribution is -0.124. The fraction of sp³-hybridized carbons (Fsp3) is 0.600. The fourth-order valence-corrected chi connectivity index (χ4v) is 0.861. The van der Waals surface area contributed by atoms with Crippen LogP contribution in [0.2, 0.25) is 19.6 Å². The molecule has 0 amide bonds. The molecule has 0 atom stereocenters. The van der Waals surface area contributed by atoms with Crippen molar-refractivity contribution in [1.29, 1.82) is 0 Å². The second-order valence-corrected chi connectivity index (χ2v) is 7.11. The molecule has 0 spiro atoms. The van der Waals surface area contributed by atoms with Gasteiger partial charge in [0.05, 0.1) is 0 Å². The van der Waals surface area contributed by atoms with Crippen molar-refractivity contribution < 1.29 is 18.8 Å². The predicted octanol–water partition coefficient (Wildman–Crippen LogP) is 1.13. The molecule has 0 aliphatic carbocycles. The number of ether oxygens (including phenoxy) is 1. The minimum atomic E-state index is -1.89. The molecule has 0 heterocycles. The van der Waals surface area contributed by atoms with Gasteiger partial charge in [0.25, 0.3) is 8.32 Å². The average Bonchev–Trinajstić information content (AvgIpc) is 1.59. The Bertz CT molecular complexity index is 137. The third-order valence-electron chi connectivity index (χ3n) is 0.534. The van der Waals surface area contributed by atoms with Crippen LogP contribution in [-0.2, 0) is 14.0 Å². The molecule has 0 aromatic rings. The van der Waals surface area contributed by atoms with Gasteiger partial charge in [0.2, 0.25) is 0 Å². The highest BCUT2D eigenvalue weighted by Gasteiger charge is 2.20. The Hall–Kier alpha value is -0.843. The van der Waals surface area contributed by atoms with Crippen LogP contribution in [0.3, 0.4) is 0 Å². The minimum Gasteiger partial charge on any atom is -0.489 e. The second-order valence-electron chi connectivity index (χ2n) is 2.68. The molecule has 0 saturated heterocycles. The van der Waals surface area contributed by atoms with E-state index < -0.39 is 14.5 Å². The van der Waals surface area contributed by atoms with Crippen LogP contribution < -0.4 is 0 Å². The lowest BCUT2D eigenvalue weighted by Crippen LogP contribution is -2.29. The first-order valence-corrected chi connectivity index (χ1v) is 6.20. The van der Waals surface area contributed by atoms with Crippen LogP contribution in [0.25, 0.3) is 0 Å². The molecule has 0 aromatic carbocycles. The SMILES string of the molecule is C[Si](C)(C)OC(=O)OC=O. The van der Waals surface area contributed by atoms with Crippen LogP contribution in [0.4, 0.5) is 4.79 Å². The maximum Gasteiger partial charge on any atom is 0.502 e. The highest BCUT2D eigenvalue weighted by molar-refractivity contribution is 6.71. The zero-order valence-electron chi connectivity index (χ0n) is 6.21. The summed E-state index contributed by atoms with van der Waals surface area (Å²) in [6, 6.07) is 0. The predicted molar refractivity (Wildman–Crippen MR) is 37.0 cm³/mol. The lowest BCUT2D eigenvalue weighted by Gasteiger charge is -2.14. The van der Waals surface area contributed by atoms with Gasteiger partial charge in [-0.05, 0) is 19.6 Å². The quantitative estimate of drug-likeness (QED) is 0.264. The Kier molecular flexibility index (Phi) is 3.07. The Morgan fingerprint density at radius 3 is 2.20 bits per heavy atom. The van der Waals surface area contributed by atoms with Gasteiger partial charge in [-0.3, -0.25) is 4.79 Å². The third-order valence-corrected chi connectivity index (χ3v) is 1.31.